The summed E-state index contributed by atoms with van der Waals surface area (Å²) in [6.07, 6.45) is 0.0895. The van der Waals surface area contributed by atoms with Crippen LogP contribution < -0.4 is 5.32 Å². The molecule has 0 saturated carbocycles. The van der Waals surface area contributed by atoms with Crippen LogP contribution in [0.2, 0.25) is 0 Å². The quantitative estimate of drug-likeness (QED) is 0.575. The third kappa shape index (κ3) is 5.33. The molecular weight excluding hydrogens is 402 g/mol. The molecule has 1 saturated heterocycles. The van der Waals surface area contributed by atoms with Crippen LogP contribution in [0.5, 0.6) is 0 Å². The molecule has 6 heteroatoms. The van der Waals surface area contributed by atoms with Crippen molar-refractivity contribution < 1.29 is 14.7 Å². The molecular formula is C26H29N3O3. The third-order valence-electron chi connectivity index (χ3n) is 5.95. The summed E-state index contributed by atoms with van der Waals surface area (Å²) < 4.78 is 0. The molecule has 1 aliphatic heterocycles. The van der Waals surface area contributed by atoms with Gasteiger partial charge in [0.15, 0.2) is 0 Å². The van der Waals surface area contributed by atoms with Gasteiger partial charge in [-0.15, -0.1) is 0 Å². The molecule has 1 aliphatic rings. The molecule has 32 heavy (non-hydrogen) atoms. The van der Waals surface area contributed by atoms with Crippen LogP contribution in [0.1, 0.15) is 17.5 Å². The second-order valence-corrected chi connectivity index (χ2v) is 8.19. The van der Waals surface area contributed by atoms with Gasteiger partial charge in [0.2, 0.25) is 11.8 Å². The first-order chi connectivity index (χ1) is 15.6. The number of piperazine rings is 1. The summed E-state index contributed by atoms with van der Waals surface area (Å²) in [5.74, 6) is -0.248. The van der Waals surface area contributed by atoms with Crippen molar-refractivity contribution in [1.82, 2.24) is 15.1 Å². The molecule has 1 unspecified atom stereocenters. The maximum absolute atomic E-state index is 13.1. The lowest BCUT2D eigenvalue weighted by Gasteiger charge is -2.36. The molecule has 1 atom stereocenters. The van der Waals surface area contributed by atoms with Crippen molar-refractivity contribution >= 4 is 22.6 Å². The van der Waals surface area contributed by atoms with Gasteiger partial charge in [-0.2, -0.15) is 0 Å². The van der Waals surface area contributed by atoms with Crippen LogP contribution in [0, 0.1) is 0 Å². The van der Waals surface area contributed by atoms with Gasteiger partial charge in [-0.1, -0.05) is 66.7 Å². The number of aliphatic hydroxyl groups excluding tert-OH is 1. The number of nitrogens with one attached hydrogen (secondary N) is 1. The molecule has 6 nitrogen and oxygen atoms in total. The molecule has 0 spiro atoms. The topological polar surface area (TPSA) is 72.9 Å². The lowest BCUT2D eigenvalue weighted by atomic mass is 10.0. The number of hydrogen-bond donors (Lipinski definition) is 2. The summed E-state index contributed by atoms with van der Waals surface area (Å²) >= 11 is 0. The normalized spacial score (nSPS) is 16.7. The van der Waals surface area contributed by atoms with E-state index in [1.54, 1.807) is 4.90 Å². The Bertz CT molecular complexity index is 1070. The molecule has 3 aromatic carbocycles. The first kappa shape index (κ1) is 22.0. The number of aliphatic hydroxyl groups is 1. The maximum atomic E-state index is 13.1. The molecule has 3 aromatic rings. The van der Waals surface area contributed by atoms with Crippen LogP contribution in [0.3, 0.4) is 0 Å². The monoisotopic (exact) mass is 431 g/mol. The van der Waals surface area contributed by atoms with Crippen LogP contribution in [-0.4, -0.2) is 59.0 Å². The molecule has 0 radical (unpaired) electrons. The lowest BCUT2D eigenvalue weighted by molar-refractivity contribution is -0.139. The van der Waals surface area contributed by atoms with E-state index in [1.165, 1.54) is 5.39 Å². The Morgan fingerprint density at radius 2 is 1.75 bits per heavy atom. The predicted octanol–water partition coefficient (Wildman–Crippen LogP) is 2.55. The Hall–Kier alpha value is -3.22. The Labute approximate surface area is 188 Å². The Morgan fingerprint density at radius 1 is 1.00 bits per heavy atom. The van der Waals surface area contributed by atoms with E-state index < -0.39 is 6.04 Å². The van der Waals surface area contributed by atoms with Crippen LogP contribution in [0.4, 0.5) is 0 Å². The zero-order valence-electron chi connectivity index (χ0n) is 18.1. The number of hydrogen-bond acceptors (Lipinski definition) is 4. The van der Waals surface area contributed by atoms with Gasteiger partial charge < -0.3 is 15.3 Å². The highest BCUT2D eigenvalue weighted by Crippen LogP contribution is 2.20. The first-order valence-electron chi connectivity index (χ1n) is 11.1. The standard InChI is InChI=1S/C26H29N3O3/c30-15-14-29(18-20-6-2-1-3-7-20)25(31)17-24-26(32)27-12-13-28(24)19-21-10-11-22-8-4-5-9-23(22)16-21/h1-11,16,24,30H,12-15,17-19H2,(H,27,32). The van der Waals surface area contributed by atoms with E-state index in [2.05, 4.69) is 40.5 Å². The summed E-state index contributed by atoms with van der Waals surface area (Å²) in [5, 5.41) is 14.7. The minimum Gasteiger partial charge on any atom is -0.395 e. The molecule has 1 fully saturated rings. The van der Waals surface area contributed by atoms with Crippen LogP contribution in [0.15, 0.2) is 72.8 Å². The molecule has 0 bridgehead atoms. The number of carbonyl (C=O) groups is 2. The predicted molar refractivity (Wildman–Crippen MR) is 125 cm³/mol. The largest absolute Gasteiger partial charge is 0.395 e. The number of amides is 2. The zero-order valence-corrected chi connectivity index (χ0v) is 18.1. The van der Waals surface area contributed by atoms with Crippen molar-refractivity contribution in [2.45, 2.75) is 25.6 Å². The van der Waals surface area contributed by atoms with E-state index in [0.717, 1.165) is 16.5 Å². The van der Waals surface area contributed by atoms with Gasteiger partial charge in [0.1, 0.15) is 0 Å². The lowest BCUT2D eigenvalue weighted by Crippen LogP contribution is -2.56. The summed E-state index contributed by atoms with van der Waals surface area (Å²) in [4.78, 5) is 29.6. The fourth-order valence-electron chi connectivity index (χ4n) is 4.26. The zero-order chi connectivity index (χ0) is 22.3. The fourth-order valence-corrected chi connectivity index (χ4v) is 4.26. The van der Waals surface area contributed by atoms with Gasteiger partial charge in [-0.3, -0.25) is 14.5 Å². The molecule has 2 N–H and O–H groups in total. The van der Waals surface area contributed by atoms with Crippen LogP contribution >= 0.6 is 0 Å². The average molecular weight is 432 g/mol. The van der Waals surface area contributed by atoms with E-state index in [1.807, 2.05) is 42.5 Å². The van der Waals surface area contributed by atoms with E-state index in [4.69, 9.17) is 0 Å². The minimum absolute atomic E-state index is 0.0895. The summed E-state index contributed by atoms with van der Waals surface area (Å²) in [5.41, 5.74) is 2.11. The van der Waals surface area contributed by atoms with Gasteiger partial charge in [0, 0.05) is 32.7 Å². The van der Waals surface area contributed by atoms with E-state index in [9.17, 15) is 14.7 Å². The van der Waals surface area contributed by atoms with Crippen molar-refractivity contribution in [3.05, 3.63) is 83.9 Å². The summed E-state index contributed by atoms with van der Waals surface area (Å²) in [6.45, 7) is 2.41. The Kier molecular flexibility index (Phi) is 7.14. The van der Waals surface area contributed by atoms with E-state index in [0.29, 0.717) is 26.2 Å². The number of nitrogens with zero attached hydrogens (tertiary/aromatic N) is 2. The van der Waals surface area contributed by atoms with Crippen molar-refractivity contribution in [2.75, 3.05) is 26.2 Å². The number of fused-ring (bicyclic) bond motifs is 1. The van der Waals surface area contributed by atoms with E-state index in [-0.39, 0.29) is 31.4 Å². The highest BCUT2D eigenvalue weighted by atomic mass is 16.3. The molecule has 0 aliphatic carbocycles. The molecule has 0 aromatic heterocycles. The van der Waals surface area contributed by atoms with Gasteiger partial charge in [0.05, 0.1) is 19.1 Å². The highest BCUT2D eigenvalue weighted by Gasteiger charge is 2.33. The average Bonchev–Trinajstić information content (AvgIpc) is 2.81. The third-order valence-corrected chi connectivity index (χ3v) is 5.95. The van der Waals surface area contributed by atoms with Crippen molar-refractivity contribution in [2.24, 2.45) is 0 Å². The van der Waals surface area contributed by atoms with Crippen molar-refractivity contribution in [1.29, 1.82) is 0 Å². The maximum Gasteiger partial charge on any atom is 0.237 e. The molecule has 2 amide bonds. The molecule has 4 rings (SSSR count). The molecule has 1 heterocycles. The fraction of sp³-hybridized carbons (Fsp3) is 0.308. The molecule has 166 valence electrons. The second kappa shape index (κ2) is 10.4. The second-order valence-electron chi connectivity index (χ2n) is 8.19. The van der Waals surface area contributed by atoms with Gasteiger partial charge in [-0.05, 0) is 28.0 Å². The van der Waals surface area contributed by atoms with Crippen molar-refractivity contribution in [3.63, 3.8) is 0 Å². The summed E-state index contributed by atoms with van der Waals surface area (Å²) in [6, 6.07) is 23.7. The Morgan fingerprint density at radius 3 is 2.53 bits per heavy atom. The highest BCUT2D eigenvalue weighted by molar-refractivity contribution is 5.89. The van der Waals surface area contributed by atoms with Crippen LogP contribution in [-0.2, 0) is 22.7 Å². The first-order valence-corrected chi connectivity index (χ1v) is 11.1. The smallest absolute Gasteiger partial charge is 0.237 e. The number of rotatable bonds is 8. The SMILES string of the molecule is O=C1NCCN(Cc2ccc3ccccc3c2)C1CC(=O)N(CCO)Cc1ccccc1. The van der Waals surface area contributed by atoms with Gasteiger partial charge >= 0.3 is 0 Å². The van der Waals surface area contributed by atoms with E-state index >= 15 is 0 Å². The Balaban J connectivity index is 1.48. The van der Waals surface area contributed by atoms with Crippen molar-refractivity contribution in [3.8, 4) is 0 Å². The number of benzene rings is 3. The minimum atomic E-state index is -0.528. The van der Waals surface area contributed by atoms with Gasteiger partial charge in [-0.25, -0.2) is 0 Å². The summed E-state index contributed by atoms with van der Waals surface area (Å²) in [7, 11) is 0. The van der Waals surface area contributed by atoms with Crippen LogP contribution in [0.25, 0.3) is 10.8 Å². The number of carbonyl (C=O) groups excluding carboxylic acids is 2. The van der Waals surface area contributed by atoms with Gasteiger partial charge in [0.25, 0.3) is 0 Å².